The van der Waals surface area contributed by atoms with Crippen LogP contribution in [0, 0.1) is 0 Å². The van der Waals surface area contributed by atoms with Crippen LogP contribution in [0.1, 0.15) is 31.3 Å². The van der Waals surface area contributed by atoms with Crippen LogP contribution in [0.15, 0.2) is 29.0 Å². The summed E-state index contributed by atoms with van der Waals surface area (Å²) in [5.41, 5.74) is 6.92. The van der Waals surface area contributed by atoms with Crippen molar-refractivity contribution in [3.05, 3.63) is 40.4 Å². The highest BCUT2D eigenvalue weighted by Crippen LogP contribution is 2.28. The molecule has 0 fully saturated rings. The minimum absolute atomic E-state index is 0.0767. The van der Waals surface area contributed by atoms with Gasteiger partial charge in [0.1, 0.15) is 18.7 Å². The van der Waals surface area contributed by atoms with E-state index in [1.54, 1.807) is 0 Å². The van der Waals surface area contributed by atoms with Crippen LogP contribution in [0.4, 0.5) is 0 Å². The van der Waals surface area contributed by atoms with Gasteiger partial charge in [-0.15, -0.1) is 0 Å². The monoisotopic (exact) mass is 324 g/mol. The smallest absolute Gasteiger partial charge is 0.164 e. The van der Waals surface area contributed by atoms with Crippen molar-refractivity contribution in [3.63, 3.8) is 0 Å². The van der Waals surface area contributed by atoms with E-state index in [9.17, 15) is 0 Å². The highest BCUT2D eigenvalue weighted by atomic mass is 79.9. The van der Waals surface area contributed by atoms with Gasteiger partial charge in [-0.3, -0.25) is 0 Å². The first-order valence-electron chi connectivity index (χ1n) is 6.16. The Morgan fingerprint density at radius 3 is 2.95 bits per heavy atom. The first-order chi connectivity index (χ1) is 9.11. The van der Waals surface area contributed by atoms with Crippen molar-refractivity contribution in [1.29, 1.82) is 0 Å². The molecule has 5 nitrogen and oxygen atoms in total. The summed E-state index contributed by atoms with van der Waals surface area (Å²) < 4.78 is 8.60. The lowest BCUT2D eigenvalue weighted by atomic mass is 10.1. The van der Waals surface area contributed by atoms with Gasteiger partial charge < -0.3 is 10.5 Å². The van der Waals surface area contributed by atoms with Crippen molar-refractivity contribution in [2.24, 2.45) is 5.73 Å². The second-order valence-corrected chi connectivity index (χ2v) is 5.17. The van der Waals surface area contributed by atoms with Crippen LogP contribution >= 0.6 is 15.9 Å². The third-order valence-corrected chi connectivity index (χ3v) is 3.31. The Balaban J connectivity index is 2.17. The van der Waals surface area contributed by atoms with Gasteiger partial charge in [0.25, 0.3) is 0 Å². The maximum absolute atomic E-state index is 5.94. The number of aryl methyl sites for hydroxylation is 1. The zero-order valence-corrected chi connectivity index (χ0v) is 12.6. The Morgan fingerprint density at radius 1 is 1.47 bits per heavy atom. The molecule has 0 saturated carbocycles. The molecule has 6 heteroatoms. The lowest BCUT2D eigenvalue weighted by Gasteiger charge is -2.14. The van der Waals surface area contributed by atoms with E-state index in [2.05, 4.69) is 26.0 Å². The fourth-order valence-corrected chi connectivity index (χ4v) is 2.16. The Kier molecular flexibility index (Phi) is 4.55. The fraction of sp³-hybridized carbons (Fsp3) is 0.385. The van der Waals surface area contributed by atoms with Crippen LogP contribution < -0.4 is 10.5 Å². The molecule has 1 aromatic heterocycles. The molecule has 102 valence electrons. The molecule has 0 amide bonds. The molecule has 0 unspecified atom stereocenters. The van der Waals surface area contributed by atoms with Crippen LogP contribution in [0.3, 0.4) is 0 Å². The van der Waals surface area contributed by atoms with Gasteiger partial charge in [0, 0.05) is 22.6 Å². The van der Waals surface area contributed by atoms with E-state index in [0.29, 0.717) is 6.61 Å². The molecule has 0 saturated heterocycles. The van der Waals surface area contributed by atoms with Gasteiger partial charge in [-0.1, -0.05) is 22.0 Å². The van der Waals surface area contributed by atoms with E-state index in [-0.39, 0.29) is 6.04 Å². The molecule has 0 aliphatic heterocycles. The van der Waals surface area contributed by atoms with Gasteiger partial charge in [-0.05, 0) is 26.0 Å². The van der Waals surface area contributed by atoms with Crippen molar-refractivity contribution in [1.82, 2.24) is 14.8 Å². The third-order valence-electron chi connectivity index (χ3n) is 2.82. The number of nitrogens with two attached hydrogens (primary N) is 1. The topological polar surface area (TPSA) is 66.0 Å². The summed E-state index contributed by atoms with van der Waals surface area (Å²) in [7, 11) is 0. The first kappa shape index (κ1) is 14.0. The van der Waals surface area contributed by atoms with Gasteiger partial charge >= 0.3 is 0 Å². The minimum Gasteiger partial charge on any atom is -0.485 e. The number of halogens is 1. The Labute approximate surface area is 120 Å². The van der Waals surface area contributed by atoms with E-state index in [0.717, 1.165) is 28.2 Å². The molecule has 2 N–H and O–H groups in total. The highest BCUT2D eigenvalue weighted by molar-refractivity contribution is 9.10. The highest BCUT2D eigenvalue weighted by Gasteiger charge is 2.10. The van der Waals surface area contributed by atoms with Gasteiger partial charge in [-0.25, -0.2) is 9.67 Å². The van der Waals surface area contributed by atoms with Gasteiger partial charge in [0.2, 0.25) is 0 Å². The fourth-order valence-electron chi connectivity index (χ4n) is 1.82. The zero-order valence-electron chi connectivity index (χ0n) is 11.0. The van der Waals surface area contributed by atoms with Crippen molar-refractivity contribution >= 4 is 15.9 Å². The quantitative estimate of drug-likeness (QED) is 0.918. The van der Waals surface area contributed by atoms with Crippen LogP contribution in [0.25, 0.3) is 0 Å². The van der Waals surface area contributed by atoms with Crippen LogP contribution in [0.2, 0.25) is 0 Å². The second-order valence-electron chi connectivity index (χ2n) is 4.25. The average Bonchev–Trinajstić information content (AvgIpc) is 2.83. The Bertz CT molecular complexity index is 553. The molecule has 0 bridgehead atoms. The summed E-state index contributed by atoms with van der Waals surface area (Å²) in [6, 6.07) is 5.77. The molecular formula is C13H17BrN4O. The summed E-state index contributed by atoms with van der Waals surface area (Å²) in [5, 5.41) is 4.11. The predicted octanol–water partition coefficient (Wildman–Crippen LogP) is 2.66. The molecule has 2 rings (SSSR count). The maximum atomic E-state index is 5.94. The normalized spacial score (nSPS) is 12.4. The van der Waals surface area contributed by atoms with Gasteiger partial charge in [0.15, 0.2) is 5.82 Å². The van der Waals surface area contributed by atoms with E-state index < -0.39 is 0 Å². The summed E-state index contributed by atoms with van der Waals surface area (Å²) in [5.74, 6) is 1.58. The lowest BCUT2D eigenvalue weighted by Crippen LogP contribution is -2.11. The third kappa shape index (κ3) is 3.33. The van der Waals surface area contributed by atoms with E-state index in [1.807, 2.05) is 36.7 Å². The molecule has 0 spiro atoms. The predicted molar refractivity (Wildman–Crippen MR) is 76.8 cm³/mol. The maximum Gasteiger partial charge on any atom is 0.164 e. The number of benzene rings is 1. The molecule has 19 heavy (non-hydrogen) atoms. The van der Waals surface area contributed by atoms with Crippen molar-refractivity contribution in [2.45, 2.75) is 33.0 Å². The average molecular weight is 325 g/mol. The number of hydrogen-bond donors (Lipinski definition) is 1. The minimum atomic E-state index is -0.0767. The van der Waals surface area contributed by atoms with Crippen LogP contribution in [-0.4, -0.2) is 14.8 Å². The van der Waals surface area contributed by atoms with E-state index in [4.69, 9.17) is 10.5 Å². The molecule has 2 aromatic rings. The number of ether oxygens (including phenoxy) is 1. The van der Waals surface area contributed by atoms with E-state index in [1.165, 1.54) is 6.33 Å². The van der Waals surface area contributed by atoms with Gasteiger partial charge in [0.05, 0.1) is 0 Å². The van der Waals surface area contributed by atoms with Crippen molar-refractivity contribution in [3.8, 4) is 5.75 Å². The lowest BCUT2D eigenvalue weighted by molar-refractivity contribution is 0.283. The molecule has 0 aliphatic rings. The largest absolute Gasteiger partial charge is 0.485 e. The van der Waals surface area contributed by atoms with Crippen molar-refractivity contribution < 1.29 is 4.74 Å². The Morgan fingerprint density at radius 2 is 2.26 bits per heavy atom. The summed E-state index contributed by atoms with van der Waals surface area (Å²) in [6.07, 6.45) is 1.54. The zero-order chi connectivity index (χ0) is 13.8. The number of rotatable bonds is 5. The SMILES string of the molecule is CCn1ncnc1COc1cc(Br)ccc1[C@H](C)N. The summed E-state index contributed by atoms with van der Waals surface area (Å²) in [6.45, 7) is 5.11. The number of nitrogens with zero attached hydrogens (tertiary/aromatic N) is 3. The summed E-state index contributed by atoms with van der Waals surface area (Å²) >= 11 is 3.44. The first-order valence-corrected chi connectivity index (χ1v) is 6.95. The van der Waals surface area contributed by atoms with Crippen molar-refractivity contribution in [2.75, 3.05) is 0 Å². The van der Waals surface area contributed by atoms with Gasteiger partial charge in [-0.2, -0.15) is 5.10 Å². The molecule has 1 heterocycles. The standard InChI is InChI=1S/C13H17BrN4O/c1-3-18-13(16-8-17-18)7-19-12-6-10(14)4-5-11(12)9(2)15/h4-6,8-9H,3,7,15H2,1-2H3/t9-/m0/s1. The number of hydrogen-bond acceptors (Lipinski definition) is 4. The van der Waals surface area contributed by atoms with Crippen LogP contribution in [0.5, 0.6) is 5.75 Å². The summed E-state index contributed by atoms with van der Waals surface area (Å²) in [4.78, 5) is 4.18. The van der Waals surface area contributed by atoms with E-state index >= 15 is 0 Å². The molecule has 1 aromatic carbocycles. The number of aromatic nitrogens is 3. The molecular weight excluding hydrogens is 308 g/mol. The molecule has 1 atom stereocenters. The second kappa shape index (κ2) is 6.16. The van der Waals surface area contributed by atoms with Crippen LogP contribution in [-0.2, 0) is 13.2 Å². The molecule has 0 radical (unpaired) electrons. The Hall–Kier alpha value is -1.40. The molecule has 0 aliphatic carbocycles.